The number of Topliss-reactive ketones (excluding diaryl/α,β-unsaturated/α-hetero) is 1. The van der Waals surface area contributed by atoms with E-state index in [0.29, 0.717) is 19.8 Å². The van der Waals surface area contributed by atoms with Gasteiger partial charge in [-0.25, -0.2) is 0 Å². The summed E-state index contributed by atoms with van der Waals surface area (Å²) in [6, 6.07) is 19.5. The molecule has 1 aliphatic heterocycles. The van der Waals surface area contributed by atoms with Crippen molar-refractivity contribution in [3.8, 4) is 0 Å². The Morgan fingerprint density at radius 1 is 0.963 bits per heavy atom. The monoisotopic (exact) mass is 386 g/mol. The quantitative estimate of drug-likeness (QED) is 0.649. The number of thioether (sulfide) groups is 1. The summed E-state index contributed by atoms with van der Waals surface area (Å²) in [5.41, 5.74) is 1.20. The zero-order valence-electron chi connectivity index (χ0n) is 15.1. The second-order valence-electron chi connectivity index (χ2n) is 6.24. The van der Waals surface area contributed by atoms with Gasteiger partial charge in [-0.15, -0.1) is 11.8 Å². The standard InChI is InChI=1S/C21H22O5S/c1-15(22)26-21-19(23)20(25-13-17-10-6-3-7-11-17)18(27-21)14-24-12-16-8-4-2-5-9-16/h2-11,18,20-21H,12-14H2,1H3/t18-,20-,21?/m1/s1. The number of hydrogen-bond acceptors (Lipinski definition) is 6. The van der Waals surface area contributed by atoms with Crippen molar-refractivity contribution in [3.05, 3.63) is 71.8 Å². The first-order chi connectivity index (χ1) is 13.1. The van der Waals surface area contributed by atoms with Gasteiger partial charge in [-0.05, 0) is 11.1 Å². The molecule has 2 aromatic rings. The van der Waals surface area contributed by atoms with Gasteiger partial charge in [-0.1, -0.05) is 60.7 Å². The van der Waals surface area contributed by atoms with Crippen LogP contribution in [0.5, 0.6) is 0 Å². The average Bonchev–Trinajstić information content (AvgIpc) is 2.96. The lowest BCUT2D eigenvalue weighted by molar-refractivity contribution is -0.151. The summed E-state index contributed by atoms with van der Waals surface area (Å²) in [7, 11) is 0. The molecule has 27 heavy (non-hydrogen) atoms. The Kier molecular flexibility index (Phi) is 7.04. The number of benzene rings is 2. The van der Waals surface area contributed by atoms with E-state index in [-0.39, 0.29) is 11.0 Å². The van der Waals surface area contributed by atoms with Crippen molar-refractivity contribution in [1.29, 1.82) is 0 Å². The van der Waals surface area contributed by atoms with E-state index in [1.807, 2.05) is 60.7 Å². The van der Waals surface area contributed by atoms with Gasteiger partial charge in [0.1, 0.15) is 6.10 Å². The van der Waals surface area contributed by atoms with Crippen LogP contribution in [0.25, 0.3) is 0 Å². The maximum atomic E-state index is 12.6. The fourth-order valence-electron chi connectivity index (χ4n) is 2.79. The molecule has 6 heteroatoms. The third-order valence-electron chi connectivity index (χ3n) is 4.09. The molecule has 1 saturated heterocycles. The van der Waals surface area contributed by atoms with Gasteiger partial charge in [0, 0.05) is 6.92 Å². The third-order valence-corrected chi connectivity index (χ3v) is 5.40. The van der Waals surface area contributed by atoms with Gasteiger partial charge < -0.3 is 14.2 Å². The summed E-state index contributed by atoms with van der Waals surface area (Å²) in [4.78, 5) is 23.9. The van der Waals surface area contributed by atoms with Crippen LogP contribution in [-0.2, 0) is 37.0 Å². The molecule has 0 spiro atoms. The summed E-state index contributed by atoms with van der Waals surface area (Å²) in [6.45, 7) is 2.41. The van der Waals surface area contributed by atoms with E-state index in [9.17, 15) is 9.59 Å². The summed E-state index contributed by atoms with van der Waals surface area (Å²) < 4.78 is 16.8. The first kappa shape index (κ1) is 19.6. The first-order valence-electron chi connectivity index (χ1n) is 8.77. The highest BCUT2D eigenvalue weighted by molar-refractivity contribution is 8.01. The van der Waals surface area contributed by atoms with Crippen LogP contribution in [0, 0.1) is 0 Å². The number of esters is 1. The Hall–Kier alpha value is -2.15. The molecule has 5 nitrogen and oxygen atoms in total. The molecule has 0 saturated carbocycles. The van der Waals surface area contributed by atoms with E-state index in [2.05, 4.69) is 0 Å². The summed E-state index contributed by atoms with van der Waals surface area (Å²) >= 11 is 1.28. The number of carbonyl (C=O) groups excluding carboxylic acids is 2. The second-order valence-corrected chi connectivity index (χ2v) is 7.54. The summed E-state index contributed by atoms with van der Waals surface area (Å²) in [5, 5.41) is -0.228. The molecular formula is C21H22O5S. The van der Waals surface area contributed by atoms with Crippen LogP contribution in [0.3, 0.4) is 0 Å². The fraction of sp³-hybridized carbons (Fsp3) is 0.333. The highest BCUT2D eigenvalue weighted by Gasteiger charge is 2.45. The fourth-order valence-corrected chi connectivity index (χ4v) is 4.10. The van der Waals surface area contributed by atoms with Crippen molar-refractivity contribution < 1.29 is 23.8 Å². The van der Waals surface area contributed by atoms with Gasteiger partial charge in [0.05, 0.1) is 25.1 Å². The molecule has 142 valence electrons. The number of carbonyl (C=O) groups is 2. The maximum Gasteiger partial charge on any atom is 0.304 e. The topological polar surface area (TPSA) is 61.8 Å². The van der Waals surface area contributed by atoms with Gasteiger partial charge in [-0.2, -0.15) is 0 Å². The molecular weight excluding hydrogens is 364 g/mol. The predicted octanol–water partition coefficient (Wildman–Crippen LogP) is 3.36. The molecule has 1 fully saturated rings. The Morgan fingerprint density at radius 2 is 1.56 bits per heavy atom. The van der Waals surface area contributed by atoms with Crippen LogP contribution in [0.4, 0.5) is 0 Å². The lowest BCUT2D eigenvalue weighted by Gasteiger charge is -2.18. The molecule has 3 rings (SSSR count). The molecule has 0 amide bonds. The van der Waals surface area contributed by atoms with E-state index in [1.54, 1.807) is 0 Å². The van der Waals surface area contributed by atoms with E-state index in [4.69, 9.17) is 14.2 Å². The first-order valence-corrected chi connectivity index (χ1v) is 9.71. The van der Waals surface area contributed by atoms with Gasteiger partial charge in [0.15, 0.2) is 0 Å². The van der Waals surface area contributed by atoms with E-state index >= 15 is 0 Å². The summed E-state index contributed by atoms with van der Waals surface area (Å²) in [5.74, 6) is -0.701. The SMILES string of the molecule is CC(=O)OC1S[C@H](COCc2ccccc2)[C@@H](OCc2ccccc2)C1=O. The van der Waals surface area contributed by atoms with Crippen LogP contribution in [0.2, 0.25) is 0 Å². The van der Waals surface area contributed by atoms with E-state index in [1.165, 1.54) is 18.7 Å². The highest BCUT2D eigenvalue weighted by Crippen LogP contribution is 2.35. The smallest absolute Gasteiger partial charge is 0.304 e. The minimum absolute atomic E-state index is 0.223. The van der Waals surface area contributed by atoms with Crippen LogP contribution in [0.1, 0.15) is 18.1 Å². The number of hydrogen-bond donors (Lipinski definition) is 0. The van der Waals surface area contributed by atoms with Crippen LogP contribution in [-0.4, -0.2) is 35.1 Å². The van der Waals surface area contributed by atoms with Crippen molar-refractivity contribution in [2.24, 2.45) is 0 Å². The van der Waals surface area contributed by atoms with Gasteiger partial charge >= 0.3 is 5.97 Å². The third kappa shape index (κ3) is 5.66. The van der Waals surface area contributed by atoms with E-state index < -0.39 is 17.5 Å². The zero-order valence-corrected chi connectivity index (χ0v) is 15.9. The molecule has 2 aromatic carbocycles. The maximum absolute atomic E-state index is 12.6. The Balaban J connectivity index is 1.60. The van der Waals surface area contributed by atoms with Crippen molar-refractivity contribution in [3.63, 3.8) is 0 Å². The normalized spacial score (nSPS) is 22.0. The lowest BCUT2D eigenvalue weighted by Crippen LogP contribution is -2.34. The second kappa shape index (κ2) is 9.69. The van der Waals surface area contributed by atoms with Crippen LogP contribution >= 0.6 is 11.8 Å². The van der Waals surface area contributed by atoms with Crippen LogP contribution < -0.4 is 0 Å². The van der Waals surface area contributed by atoms with Crippen LogP contribution in [0.15, 0.2) is 60.7 Å². The van der Waals surface area contributed by atoms with Crippen molar-refractivity contribution in [2.75, 3.05) is 6.61 Å². The van der Waals surface area contributed by atoms with Gasteiger partial charge in [0.2, 0.25) is 11.2 Å². The Bertz CT molecular complexity index is 750. The highest BCUT2D eigenvalue weighted by atomic mass is 32.2. The Morgan fingerprint density at radius 3 is 2.15 bits per heavy atom. The molecule has 0 bridgehead atoms. The molecule has 0 radical (unpaired) electrons. The minimum Gasteiger partial charge on any atom is -0.443 e. The zero-order chi connectivity index (χ0) is 19.1. The van der Waals surface area contributed by atoms with Crippen molar-refractivity contribution in [2.45, 2.75) is 36.9 Å². The molecule has 3 atom stereocenters. The van der Waals surface area contributed by atoms with Crippen molar-refractivity contribution >= 4 is 23.5 Å². The van der Waals surface area contributed by atoms with Gasteiger partial charge in [-0.3, -0.25) is 9.59 Å². The molecule has 0 N–H and O–H groups in total. The van der Waals surface area contributed by atoms with Crippen molar-refractivity contribution in [1.82, 2.24) is 0 Å². The molecule has 1 aliphatic rings. The number of rotatable bonds is 8. The molecule has 1 heterocycles. The number of ether oxygens (including phenoxy) is 3. The molecule has 0 aromatic heterocycles. The summed E-state index contributed by atoms with van der Waals surface area (Å²) in [6.07, 6.45) is -0.671. The predicted molar refractivity (Wildman–Crippen MR) is 103 cm³/mol. The average molecular weight is 386 g/mol. The lowest BCUT2D eigenvalue weighted by atomic mass is 10.1. The van der Waals surface area contributed by atoms with E-state index in [0.717, 1.165) is 11.1 Å². The molecule has 0 aliphatic carbocycles. The minimum atomic E-state index is -0.839. The Labute approximate surface area is 163 Å². The largest absolute Gasteiger partial charge is 0.443 e. The van der Waals surface area contributed by atoms with Gasteiger partial charge in [0.25, 0.3) is 0 Å². The number of ketones is 1. The molecule has 1 unspecified atom stereocenters.